The quantitative estimate of drug-likeness (QED) is 0.284. The van der Waals surface area contributed by atoms with E-state index in [2.05, 4.69) is 50.7 Å². The molecule has 2 amide bonds. The van der Waals surface area contributed by atoms with Gasteiger partial charge in [0.25, 0.3) is 0 Å². The molecule has 252 valence electrons. The summed E-state index contributed by atoms with van der Waals surface area (Å²) in [5, 5.41) is 4.09. The van der Waals surface area contributed by atoms with E-state index in [9.17, 15) is 9.59 Å². The van der Waals surface area contributed by atoms with Crippen molar-refractivity contribution in [1.29, 1.82) is 0 Å². The summed E-state index contributed by atoms with van der Waals surface area (Å²) in [5.74, 6) is 3.47. The fraction of sp³-hybridized carbons (Fsp3) is 0.758. The van der Waals surface area contributed by atoms with E-state index in [4.69, 9.17) is 14.0 Å². The minimum absolute atomic E-state index is 0.133. The summed E-state index contributed by atoms with van der Waals surface area (Å²) in [6.07, 6.45) is 8.83. The van der Waals surface area contributed by atoms with Crippen LogP contribution in [0.3, 0.4) is 0 Å². The Morgan fingerprint density at radius 3 is 2.50 bits per heavy atom. The van der Waals surface area contributed by atoms with Crippen LogP contribution in [0.15, 0.2) is 16.9 Å². The number of likely N-dealkylation sites (tertiary alicyclic amines) is 1. The molecule has 4 aliphatic rings. The molecule has 2 aromatic rings. The van der Waals surface area contributed by atoms with E-state index in [1.807, 2.05) is 25.7 Å². The average molecular weight is 639 g/mol. The second-order valence-electron chi connectivity index (χ2n) is 15.0. The molecule has 0 bridgehead atoms. The first-order chi connectivity index (χ1) is 21.9. The van der Waals surface area contributed by atoms with Gasteiger partial charge in [-0.3, -0.25) is 9.69 Å². The number of carbonyl (C=O) groups excluding carboxylic acids is 2. The Morgan fingerprint density at radius 2 is 1.83 bits per heavy atom. The van der Waals surface area contributed by atoms with Crippen molar-refractivity contribution in [3.05, 3.63) is 18.2 Å². The first kappa shape index (κ1) is 32.3. The zero-order valence-corrected chi connectivity index (χ0v) is 28.3. The molecule has 4 aliphatic heterocycles. The monoisotopic (exact) mass is 638 g/mol. The SMILES string of the molecule is CC1CCC(=O)N(C2CN(c3ncc(OCCCC4CCN(c5nc(C(C)C)no5)CC4)cn3)CC23CN3C(=O)OC(C)(C)C)C1. The Balaban J connectivity index is 0.998. The van der Waals surface area contributed by atoms with E-state index in [0.717, 1.165) is 51.0 Å². The van der Waals surface area contributed by atoms with E-state index in [0.29, 0.717) is 68.8 Å². The third-order valence-electron chi connectivity index (χ3n) is 9.77. The number of ether oxygens (including phenoxy) is 2. The molecule has 0 aliphatic carbocycles. The highest BCUT2D eigenvalue weighted by Gasteiger charge is 2.67. The molecule has 3 unspecified atom stereocenters. The van der Waals surface area contributed by atoms with Gasteiger partial charge in [0.2, 0.25) is 11.9 Å². The van der Waals surface area contributed by atoms with Gasteiger partial charge in [-0.1, -0.05) is 25.9 Å². The van der Waals surface area contributed by atoms with Crippen LogP contribution in [0.1, 0.15) is 91.8 Å². The average Bonchev–Trinajstić information content (AvgIpc) is 3.32. The van der Waals surface area contributed by atoms with Crippen LogP contribution in [0.2, 0.25) is 0 Å². The molecule has 1 spiro atoms. The summed E-state index contributed by atoms with van der Waals surface area (Å²) in [7, 11) is 0. The van der Waals surface area contributed by atoms with Crippen molar-refractivity contribution in [2.45, 2.75) is 103 Å². The number of nitrogens with zero attached hydrogens (tertiary/aromatic N) is 8. The lowest BCUT2D eigenvalue weighted by Crippen LogP contribution is -2.54. The summed E-state index contributed by atoms with van der Waals surface area (Å²) in [6.45, 7) is 16.8. The van der Waals surface area contributed by atoms with Crippen molar-refractivity contribution in [1.82, 2.24) is 29.9 Å². The maximum absolute atomic E-state index is 13.1. The number of hydrogen-bond acceptors (Lipinski definition) is 11. The molecule has 13 heteroatoms. The summed E-state index contributed by atoms with van der Waals surface area (Å²) in [6, 6.07) is 0.506. The summed E-state index contributed by atoms with van der Waals surface area (Å²) < 4.78 is 17.2. The lowest BCUT2D eigenvalue weighted by atomic mass is 9.92. The summed E-state index contributed by atoms with van der Waals surface area (Å²) in [5.41, 5.74) is -1.08. The van der Waals surface area contributed by atoms with Crippen LogP contribution < -0.4 is 14.5 Å². The fourth-order valence-corrected chi connectivity index (χ4v) is 7.10. The predicted molar refractivity (Wildman–Crippen MR) is 172 cm³/mol. The number of anilines is 2. The highest BCUT2D eigenvalue weighted by atomic mass is 16.6. The van der Waals surface area contributed by atoms with Crippen LogP contribution in [0.5, 0.6) is 5.75 Å². The van der Waals surface area contributed by atoms with Gasteiger partial charge >= 0.3 is 12.1 Å². The molecule has 4 fully saturated rings. The number of amides is 2. The van der Waals surface area contributed by atoms with Crippen molar-refractivity contribution in [2.75, 3.05) is 55.7 Å². The zero-order chi connectivity index (χ0) is 32.6. The third kappa shape index (κ3) is 7.02. The van der Waals surface area contributed by atoms with Crippen LogP contribution in [0.25, 0.3) is 0 Å². The number of carbonyl (C=O) groups is 2. The minimum Gasteiger partial charge on any atom is -0.490 e. The first-order valence-corrected chi connectivity index (χ1v) is 17.0. The largest absolute Gasteiger partial charge is 0.490 e. The maximum Gasteiger partial charge on any atom is 0.411 e. The topological polar surface area (TPSA) is 130 Å². The van der Waals surface area contributed by atoms with Crippen molar-refractivity contribution in [2.24, 2.45) is 11.8 Å². The number of aromatic nitrogens is 4. The second kappa shape index (κ2) is 12.9. The van der Waals surface area contributed by atoms with Gasteiger partial charge in [0.05, 0.1) is 31.6 Å². The summed E-state index contributed by atoms with van der Waals surface area (Å²) in [4.78, 5) is 48.0. The number of rotatable bonds is 9. The molecular formula is C33H50N8O5. The van der Waals surface area contributed by atoms with Crippen LogP contribution in [0.4, 0.5) is 16.8 Å². The lowest BCUT2D eigenvalue weighted by Gasteiger charge is -2.38. The molecule has 4 saturated heterocycles. The molecule has 3 atom stereocenters. The van der Waals surface area contributed by atoms with Crippen LogP contribution >= 0.6 is 0 Å². The summed E-state index contributed by atoms with van der Waals surface area (Å²) >= 11 is 0. The number of piperidine rings is 2. The normalized spacial score (nSPS) is 25.6. The van der Waals surface area contributed by atoms with Gasteiger partial charge in [-0.15, -0.1) is 0 Å². The smallest absolute Gasteiger partial charge is 0.411 e. The lowest BCUT2D eigenvalue weighted by molar-refractivity contribution is -0.137. The van der Waals surface area contributed by atoms with Crippen molar-refractivity contribution < 1.29 is 23.6 Å². The third-order valence-corrected chi connectivity index (χ3v) is 9.77. The van der Waals surface area contributed by atoms with Gasteiger partial charge in [-0.25, -0.2) is 14.8 Å². The Labute approximate surface area is 272 Å². The van der Waals surface area contributed by atoms with Crippen molar-refractivity contribution >= 4 is 24.0 Å². The minimum atomic E-state index is -0.589. The zero-order valence-electron chi connectivity index (χ0n) is 28.3. The van der Waals surface area contributed by atoms with Crippen molar-refractivity contribution in [3.63, 3.8) is 0 Å². The number of hydrogen-bond donors (Lipinski definition) is 0. The first-order valence-electron chi connectivity index (χ1n) is 17.0. The molecular weight excluding hydrogens is 588 g/mol. The van der Waals surface area contributed by atoms with Crippen molar-refractivity contribution in [3.8, 4) is 5.75 Å². The Morgan fingerprint density at radius 1 is 1.09 bits per heavy atom. The van der Waals surface area contributed by atoms with E-state index >= 15 is 0 Å². The second-order valence-corrected chi connectivity index (χ2v) is 15.0. The maximum atomic E-state index is 13.1. The molecule has 0 saturated carbocycles. The Bertz CT molecular complexity index is 1370. The van der Waals surface area contributed by atoms with Gasteiger partial charge in [0.15, 0.2) is 11.6 Å². The highest BCUT2D eigenvalue weighted by Crippen LogP contribution is 2.46. The van der Waals surface area contributed by atoms with Gasteiger partial charge in [-0.2, -0.15) is 4.98 Å². The van der Waals surface area contributed by atoms with E-state index in [1.165, 1.54) is 0 Å². The Kier molecular flexibility index (Phi) is 9.04. The van der Waals surface area contributed by atoms with Gasteiger partial charge in [-0.05, 0) is 64.7 Å². The van der Waals surface area contributed by atoms with Crippen LogP contribution in [-0.2, 0) is 9.53 Å². The molecule has 6 rings (SSSR count). The molecule has 13 nitrogen and oxygen atoms in total. The molecule has 0 radical (unpaired) electrons. The van der Waals surface area contributed by atoms with E-state index in [-0.39, 0.29) is 24.0 Å². The van der Waals surface area contributed by atoms with Gasteiger partial charge < -0.3 is 28.7 Å². The van der Waals surface area contributed by atoms with E-state index in [1.54, 1.807) is 17.3 Å². The Hall–Kier alpha value is -3.64. The molecule has 0 aromatic carbocycles. The highest BCUT2D eigenvalue weighted by molar-refractivity contribution is 5.79. The predicted octanol–water partition coefficient (Wildman–Crippen LogP) is 4.50. The van der Waals surface area contributed by atoms with E-state index < -0.39 is 11.1 Å². The van der Waals surface area contributed by atoms with Crippen LogP contribution in [0, 0.1) is 11.8 Å². The van der Waals surface area contributed by atoms with Gasteiger partial charge in [0.1, 0.15) is 11.1 Å². The fourth-order valence-electron chi connectivity index (χ4n) is 7.10. The van der Waals surface area contributed by atoms with Crippen LogP contribution in [-0.4, -0.2) is 105 Å². The standard InChI is InChI=1S/C33H50N8O5/c1-22(2)28-36-30(46-37-28)38-13-11-24(12-14-38)8-7-15-44-25-16-34-29(35-17-25)39-19-26(40-18-23(3)9-10-27(40)42)33(20-39)21-41(33)31(43)45-32(4,5)6/h16-17,22-24,26H,7-15,18-21H2,1-6H3. The molecule has 2 aromatic heterocycles. The van der Waals surface area contributed by atoms with Gasteiger partial charge in [0, 0.05) is 45.1 Å². The molecule has 6 heterocycles. The molecule has 0 N–H and O–H groups in total. The molecule has 46 heavy (non-hydrogen) atoms.